The molecule has 0 aromatic heterocycles. The zero-order valence-electron chi connectivity index (χ0n) is 41.5. The van der Waals surface area contributed by atoms with Gasteiger partial charge in [-0.2, -0.15) is 0 Å². The number of para-hydroxylation sites is 1. The second-order valence-electron chi connectivity index (χ2n) is 19.3. The highest BCUT2D eigenvalue weighted by atomic mass is 15.1. The molecule has 352 valence electrons. The molecule has 0 spiro atoms. The molecule has 1 nitrogen and oxygen atoms in total. The molecule has 0 aliphatic heterocycles. The number of fused-ring (bicyclic) bond motifs is 6. The van der Waals surface area contributed by atoms with E-state index in [2.05, 4.69) is 285 Å². The van der Waals surface area contributed by atoms with Crippen LogP contribution in [0.15, 0.2) is 298 Å². The van der Waals surface area contributed by atoms with Crippen molar-refractivity contribution in [3.8, 4) is 44.5 Å². The van der Waals surface area contributed by atoms with Crippen molar-refractivity contribution in [2.45, 2.75) is 0 Å². The van der Waals surface area contributed by atoms with E-state index in [1.165, 1.54) is 104 Å². The van der Waals surface area contributed by atoms with Gasteiger partial charge in [-0.1, -0.05) is 244 Å². The Labute approximate surface area is 438 Å². The van der Waals surface area contributed by atoms with E-state index in [1.54, 1.807) is 6.08 Å². The average Bonchev–Trinajstić information content (AvgIpc) is 3.49. The van der Waals surface area contributed by atoms with Crippen LogP contribution in [0.5, 0.6) is 0 Å². The van der Waals surface area contributed by atoms with Gasteiger partial charge in [0.15, 0.2) is 0 Å². The van der Waals surface area contributed by atoms with Gasteiger partial charge in [-0.25, -0.2) is 0 Å². The van der Waals surface area contributed by atoms with Gasteiger partial charge in [0.25, 0.3) is 0 Å². The lowest BCUT2D eigenvalue weighted by Crippen LogP contribution is -2.10. The number of benzene rings is 13. The summed E-state index contributed by atoms with van der Waals surface area (Å²) >= 11 is 0. The second-order valence-corrected chi connectivity index (χ2v) is 19.3. The molecule has 75 heavy (non-hydrogen) atoms. The summed E-state index contributed by atoms with van der Waals surface area (Å²) in [5.41, 5.74) is 15.0. The zero-order chi connectivity index (χ0) is 50.2. The SMILES string of the molecule is C=C/C=C(C=C)/C=C/c1cccc(-c2c3ccccc3c(-c3cccc(N(c4ccccc4)c4ccc5c(-c6ccc7ccccc7c6)c6ccccc6c(-c6ccc7ccccc7c6)c5c4)c3)c3ccccc23)c1. The van der Waals surface area contributed by atoms with Crippen molar-refractivity contribution in [3.63, 3.8) is 0 Å². The Bertz CT molecular complexity index is 4400. The molecule has 0 aliphatic rings. The molecule has 13 aromatic carbocycles. The van der Waals surface area contributed by atoms with Gasteiger partial charge < -0.3 is 4.90 Å². The van der Waals surface area contributed by atoms with Gasteiger partial charge in [0.05, 0.1) is 0 Å². The van der Waals surface area contributed by atoms with Crippen molar-refractivity contribution in [2.75, 3.05) is 4.90 Å². The third kappa shape index (κ3) is 8.18. The lowest BCUT2D eigenvalue weighted by molar-refractivity contribution is 1.29. The number of hydrogen-bond acceptors (Lipinski definition) is 1. The minimum Gasteiger partial charge on any atom is -0.310 e. The lowest BCUT2D eigenvalue weighted by atomic mass is 9.85. The van der Waals surface area contributed by atoms with E-state index in [0.717, 1.165) is 33.8 Å². The monoisotopic (exact) mass is 953 g/mol. The van der Waals surface area contributed by atoms with Crippen LogP contribution >= 0.6 is 0 Å². The third-order valence-electron chi connectivity index (χ3n) is 14.9. The molecule has 0 unspecified atom stereocenters. The van der Waals surface area contributed by atoms with Gasteiger partial charge in [0, 0.05) is 17.1 Å². The molecular formula is C74H51N. The molecule has 0 amide bonds. The molecule has 0 N–H and O–H groups in total. The number of rotatable bonds is 11. The van der Waals surface area contributed by atoms with E-state index in [0.29, 0.717) is 0 Å². The summed E-state index contributed by atoms with van der Waals surface area (Å²) in [6.07, 6.45) is 9.85. The fourth-order valence-corrected chi connectivity index (χ4v) is 11.5. The van der Waals surface area contributed by atoms with E-state index in [9.17, 15) is 0 Å². The number of hydrogen-bond donors (Lipinski definition) is 0. The molecule has 13 aromatic rings. The van der Waals surface area contributed by atoms with Crippen LogP contribution in [0.3, 0.4) is 0 Å². The Morgan fingerprint density at radius 1 is 0.307 bits per heavy atom. The summed E-state index contributed by atoms with van der Waals surface area (Å²) in [5.74, 6) is 0. The van der Waals surface area contributed by atoms with Crippen LogP contribution in [0.4, 0.5) is 17.1 Å². The van der Waals surface area contributed by atoms with Crippen molar-refractivity contribution in [1.82, 2.24) is 0 Å². The largest absolute Gasteiger partial charge is 0.310 e. The van der Waals surface area contributed by atoms with Gasteiger partial charge in [0.1, 0.15) is 0 Å². The minimum atomic E-state index is 1.01. The van der Waals surface area contributed by atoms with E-state index < -0.39 is 0 Å². The first kappa shape index (κ1) is 45.1. The molecule has 0 atom stereocenters. The van der Waals surface area contributed by atoms with Gasteiger partial charge in [-0.15, -0.1) is 0 Å². The highest BCUT2D eigenvalue weighted by Crippen LogP contribution is 2.49. The molecule has 13 rings (SSSR count). The van der Waals surface area contributed by atoms with Crippen molar-refractivity contribution in [1.29, 1.82) is 0 Å². The standard InChI is InChI=1S/C74H51N/c1-3-20-50(4-2)37-38-51-21-18-26-56(45-51)71-63-31-12-14-33-65(63)72(66-34-15-13-32-64(66)71)57-27-19-30-61(48-57)75(60-28-6-5-7-29-60)62-43-44-69-70(49-62)74(59-42-40-53-23-9-11-25-55(53)47-59)68-36-17-16-35-67(68)73(69)58-41-39-52-22-8-10-24-54(52)46-58/h3-49H,1-2H2/b38-37+,50-20+. The summed E-state index contributed by atoms with van der Waals surface area (Å²) in [6.45, 7) is 7.87. The van der Waals surface area contributed by atoms with Crippen LogP contribution in [0, 0.1) is 0 Å². The van der Waals surface area contributed by atoms with Gasteiger partial charge in [-0.05, 0) is 175 Å². The molecule has 0 fully saturated rings. The van der Waals surface area contributed by atoms with Gasteiger partial charge in [0.2, 0.25) is 0 Å². The van der Waals surface area contributed by atoms with E-state index in [-0.39, 0.29) is 0 Å². The molecule has 0 saturated heterocycles. The van der Waals surface area contributed by atoms with Crippen LogP contribution in [0.25, 0.3) is 115 Å². The highest BCUT2D eigenvalue weighted by molar-refractivity contribution is 6.24. The summed E-state index contributed by atoms with van der Waals surface area (Å²) < 4.78 is 0. The molecule has 0 saturated carbocycles. The van der Waals surface area contributed by atoms with Crippen molar-refractivity contribution < 1.29 is 0 Å². The fraction of sp³-hybridized carbons (Fsp3) is 0. The Balaban J connectivity index is 1.03. The van der Waals surface area contributed by atoms with Crippen LogP contribution < -0.4 is 4.90 Å². The summed E-state index contributed by atoms with van der Waals surface area (Å²) in [7, 11) is 0. The predicted molar refractivity (Wildman–Crippen MR) is 325 cm³/mol. The maximum absolute atomic E-state index is 3.99. The first-order valence-corrected chi connectivity index (χ1v) is 25.7. The normalized spacial score (nSPS) is 11.9. The van der Waals surface area contributed by atoms with E-state index >= 15 is 0 Å². The Morgan fingerprint density at radius 3 is 1.27 bits per heavy atom. The molecule has 0 heterocycles. The first-order chi connectivity index (χ1) is 37.1. The Kier molecular flexibility index (Phi) is 11.6. The topological polar surface area (TPSA) is 3.24 Å². The van der Waals surface area contributed by atoms with Crippen LogP contribution in [-0.4, -0.2) is 0 Å². The fourth-order valence-electron chi connectivity index (χ4n) is 11.5. The van der Waals surface area contributed by atoms with Crippen molar-refractivity contribution in [2.24, 2.45) is 0 Å². The predicted octanol–water partition coefficient (Wildman–Crippen LogP) is 21.1. The number of nitrogens with zero attached hydrogens (tertiary/aromatic N) is 1. The van der Waals surface area contributed by atoms with E-state index in [1.807, 2.05) is 12.2 Å². The van der Waals surface area contributed by atoms with Crippen LogP contribution in [0.1, 0.15) is 5.56 Å². The molecule has 1 heteroatoms. The van der Waals surface area contributed by atoms with Crippen molar-refractivity contribution in [3.05, 3.63) is 303 Å². The molecule has 0 aliphatic carbocycles. The maximum Gasteiger partial charge on any atom is 0.0468 e. The molecular weight excluding hydrogens is 903 g/mol. The number of allylic oxidation sites excluding steroid dienone is 5. The smallest absolute Gasteiger partial charge is 0.0468 e. The highest BCUT2D eigenvalue weighted by Gasteiger charge is 2.22. The average molecular weight is 954 g/mol. The second kappa shape index (κ2) is 19.3. The van der Waals surface area contributed by atoms with Crippen LogP contribution in [-0.2, 0) is 0 Å². The lowest BCUT2D eigenvalue weighted by Gasteiger charge is -2.27. The summed E-state index contributed by atoms with van der Waals surface area (Å²) in [5, 5.41) is 14.6. The number of anilines is 3. The molecule has 0 bridgehead atoms. The van der Waals surface area contributed by atoms with Crippen molar-refractivity contribution >= 4 is 87.8 Å². The summed E-state index contributed by atoms with van der Waals surface area (Å²) in [4.78, 5) is 2.43. The van der Waals surface area contributed by atoms with Crippen LogP contribution in [0.2, 0.25) is 0 Å². The Hall–Kier alpha value is -9.82. The Morgan fingerprint density at radius 2 is 0.733 bits per heavy atom. The van der Waals surface area contributed by atoms with E-state index in [4.69, 9.17) is 0 Å². The van der Waals surface area contributed by atoms with Gasteiger partial charge in [-0.3, -0.25) is 0 Å². The third-order valence-corrected chi connectivity index (χ3v) is 14.9. The quantitative estimate of drug-likeness (QED) is 0.0922. The minimum absolute atomic E-state index is 1.01. The zero-order valence-corrected chi connectivity index (χ0v) is 41.5. The van der Waals surface area contributed by atoms with Gasteiger partial charge >= 0.3 is 0 Å². The first-order valence-electron chi connectivity index (χ1n) is 25.7. The molecule has 0 radical (unpaired) electrons. The maximum atomic E-state index is 3.99. The summed E-state index contributed by atoms with van der Waals surface area (Å²) in [6, 6.07) is 93.9.